The highest BCUT2D eigenvalue weighted by atomic mass is 35.5. The Labute approximate surface area is 91.8 Å². The third-order valence-electron chi connectivity index (χ3n) is 1.39. The lowest BCUT2D eigenvalue weighted by Crippen LogP contribution is -2.20. The van der Waals surface area contributed by atoms with Crippen LogP contribution in [0.1, 0.15) is 0 Å². The molecule has 0 fully saturated rings. The number of halogens is 1. The number of carbonyl (C=O) groups excluding carboxylic acids is 1. The summed E-state index contributed by atoms with van der Waals surface area (Å²) >= 11 is 5.60. The van der Waals surface area contributed by atoms with Gasteiger partial charge in [-0.15, -0.1) is 0 Å². The van der Waals surface area contributed by atoms with Gasteiger partial charge in [0, 0.05) is 6.54 Å². The highest BCUT2D eigenvalue weighted by Crippen LogP contribution is 2.04. The first kappa shape index (κ1) is 11.7. The standard InChI is InChI=1S/C8H11ClN4O2/c9-6-3-12-8(13-4-6)11-1-2-15-5-7(10)14/h3-4H,1-2,5H2,(H2,10,14)(H,11,12,13). The highest BCUT2D eigenvalue weighted by molar-refractivity contribution is 6.30. The maximum absolute atomic E-state index is 10.3. The zero-order valence-corrected chi connectivity index (χ0v) is 8.70. The molecular formula is C8H11ClN4O2. The summed E-state index contributed by atoms with van der Waals surface area (Å²) in [5, 5.41) is 3.36. The number of nitrogens with one attached hydrogen (secondary N) is 1. The van der Waals surface area contributed by atoms with Gasteiger partial charge in [0.05, 0.1) is 24.0 Å². The molecule has 0 atom stereocenters. The maximum atomic E-state index is 10.3. The van der Waals surface area contributed by atoms with Gasteiger partial charge in [-0.05, 0) is 0 Å². The average Bonchev–Trinajstić information content (AvgIpc) is 2.20. The predicted octanol–water partition coefficient (Wildman–Crippen LogP) is 0.0438. The fourth-order valence-electron chi connectivity index (χ4n) is 0.811. The molecule has 0 spiro atoms. The molecule has 0 aliphatic rings. The van der Waals surface area contributed by atoms with E-state index in [1.807, 2.05) is 0 Å². The topological polar surface area (TPSA) is 90.1 Å². The Kier molecular flexibility index (Phi) is 4.79. The van der Waals surface area contributed by atoms with Crippen LogP contribution in [-0.2, 0) is 9.53 Å². The molecule has 1 aromatic rings. The average molecular weight is 231 g/mol. The number of rotatable bonds is 6. The number of hydrogen-bond donors (Lipinski definition) is 2. The van der Waals surface area contributed by atoms with Gasteiger partial charge in [-0.1, -0.05) is 11.6 Å². The summed E-state index contributed by atoms with van der Waals surface area (Å²) in [5.74, 6) is -0.0279. The maximum Gasteiger partial charge on any atom is 0.243 e. The van der Waals surface area contributed by atoms with E-state index < -0.39 is 5.91 Å². The van der Waals surface area contributed by atoms with Crippen LogP contribution in [0.2, 0.25) is 5.02 Å². The Morgan fingerprint density at radius 2 is 2.20 bits per heavy atom. The van der Waals surface area contributed by atoms with Crippen LogP contribution in [0.25, 0.3) is 0 Å². The quantitative estimate of drug-likeness (QED) is 0.674. The highest BCUT2D eigenvalue weighted by Gasteiger charge is 1.96. The number of nitrogens with two attached hydrogens (primary N) is 1. The Balaban J connectivity index is 2.15. The number of nitrogens with zero attached hydrogens (tertiary/aromatic N) is 2. The number of primary amides is 1. The second kappa shape index (κ2) is 6.15. The number of amides is 1. The molecule has 7 heteroatoms. The molecule has 0 saturated heterocycles. The third-order valence-corrected chi connectivity index (χ3v) is 1.59. The first-order valence-electron chi connectivity index (χ1n) is 4.26. The smallest absolute Gasteiger partial charge is 0.243 e. The van der Waals surface area contributed by atoms with E-state index >= 15 is 0 Å². The van der Waals surface area contributed by atoms with Crippen LogP contribution >= 0.6 is 11.6 Å². The van der Waals surface area contributed by atoms with Gasteiger partial charge in [-0.2, -0.15) is 0 Å². The van der Waals surface area contributed by atoms with Crippen molar-refractivity contribution in [3.8, 4) is 0 Å². The third kappa shape index (κ3) is 5.14. The summed E-state index contributed by atoms with van der Waals surface area (Å²) in [4.78, 5) is 18.1. The second-order valence-electron chi connectivity index (χ2n) is 2.67. The molecule has 0 aromatic carbocycles. The van der Waals surface area contributed by atoms with Crippen LogP contribution in [-0.4, -0.2) is 35.6 Å². The fourth-order valence-corrected chi connectivity index (χ4v) is 0.909. The molecule has 0 aliphatic carbocycles. The van der Waals surface area contributed by atoms with E-state index in [-0.39, 0.29) is 6.61 Å². The van der Waals surface area contributed by atoms with Gasteiger partial charge in [0.2, 0.25) is 11.9 Å². The second-order valence-corrected chi connectivity index (χ2v) is 3.11. The van der Waals surface area contributed by atoms with E-state index in [4.69, 9.17) is 22.1 Å². The Bertz CT molecular complexity index is 317. The Morgan fingerprint density at radius 3 is 2.80 bits per heavy atom. The summed E-state index contributed by atoms with van der Waals surface area (Å²) in [5.41, 5.74) is 4.88. The zero-order chi connectivity index (χ0) is 11.1. The molecule has 1 amide bonds. The van der Waals surface area contributed by atoms with Crippen LogP contribution in [0.3, 0.4) is 0 Å². The van der Waals surface area contributed by atoms with Gasteiger partial charge in [0.25, 0.3) is 0 Å². The first-order chi connectivity index (χ1) is 7.18. The zero-order valence-electron chi connectivity index (χ0n) is 7.94. The van der Waals surface area contributed by atoms with Crippen LogP contribution < -0.4 is 11.1 Å². The van der Waals surface area contributed by atoms with Gasteiger partial charge in [-0.25, -0.2) is 9.97 Å². The molecule has 6 nitrogen and oxygen atoms in total. The summed E-state index contributed by atoms with van der Waals surface area (Å²) in [6.07, 6.45) is 2.97. The van der Waals surface area contributed by atoms with Crippen molar-refractivity contribution in [1.82, 2.24) is 9.97 Å². The van der Waals surface area contributed by atoms with E-state index in [2.05, 4.69) is 15.3 Å². The van der Waals surface area contributed by atoms with Gasteiger partial charge < -0.3 is 15.8 Å². The molecule has 0 bridgehead atoms. The number of hydrogen-bond acceptors (Lipinski definition) is 5. The molecule has 1 aromatic heterocycles. The molecule has 0 saturated carbocycles. The van der Waals surface area contributed by atoms with Crippen molar-refractivity contribution in [3.05, 3.63) is 17.4 Å². The van der Waals surface area contributed by atoms with Crippen molar-refractivity contribution in [2.45, 2.75) is 0 Å². The van der Waals surface area contributed by atoms with Crippen molar-refractivity contribution < 1.29 is 9.53 Å². The van der Waals surface area contributed by atoms with Crippen molar-refractivity contribution in [3.63, 3.8) is 0 Å². The summed E-state index contributed by atoms with van der Waals surface area (Å²) in [6, 6.07) is 0. The van der Waals surface area contributed by atoms with Crippen molar-refractivity contribution in [2.24, 2.45) is 5.73 Å². The molecule has 3 N–H and O–H groups in total. The monoisotopic (exact) mass is 230 g/mol. The van der Waals surface area contributed by atoms with E-state index in [0.717, 1.165) is 0 Å². The fraction of sp³-hybridized carbons (Fsp3) is 0.375. The lowest BCUT2D eigenvalue weighted by Gasteiger charge is -2.04. The van der Waals surface area contributed by atoms with Gasteiger partial charge in [-0.3, -0.25) is 4.79 Å². The molecule has 15 heavy (non-hydrogen) atoms. The Hall–Kier alpha value is -1.40. The predicted molar refractivity (Wildman–Crippen MR) is 55.5 cm³/mol. The number of carbonyl (C=O) groups is 1. The molecule has 1 rings (SSSR count). The summed E-state index contributed by atoms with van der Waals surface area (Å²) in [6.45, 7) is 0.771. The van der Waals surface area contributed by atoms with Crippen LogP contribution in [0.5, 0.6) is 0 Å². The number of aromatic nitrogens is 2. The molecule has 1 heterocycles. The van der Waals surface area contributed by atoms with Crippen molar-refractivity contribution in [1.29, 1.82) is 0 Å². The summed E-state index contributed by atoms with van der Waals surface area (Å²) < 4.78 is 4.92. The van der Waals surface area contributed by atoms with Crippen LogP contribution in [0.4, 0.5) is 5.95 Å². The molecule has 82 valence electrons. The summed E-state index contributed by atoms with van der Waals surface area (Å²) in [7, 11) is 0. The van der Waals surface area contributed by atoms with Gasteiger partial charge in [0.15, 0.2) is 0 Å². The lowest BCUT2D eigenvalue weighted by molar-refractivity contribution is -0.122. The van der Waals surface area contributed by atoms with E-state index in [1.54, 1.807) is 0 Å². The largest absolute Gasteiger partial charge is 0.370 e. The Morgan fingerprint density at radius 1 is 1.53 bits per heavy atom. The van der Waals surface area contributed by atoms with Crippen LogP contribution in [0.15, 0.2) is 12.4 Å². The van der Waals surface area contributed by atoms with E-state index in [9.17, 15) is 4.79 Å². The molecule has 0 radical (unpaired) electrons. The lowest BCUT2D eigenvalue weighted by atomic mass is 10.6. The number of anilines is 1. The molecule has 0 aliphatic heterocycles. The van der Waals surface area contributed by atoms with Gasteiger partial charge >= 0.3 is 0 Å². The SMILES string of the molecule is NC(=O)COCCNc1ncc(Cl)cn1. The normalized spacial score (nSPS) is 9.93. The van der Waals surface area contributed by atoms with E-state index in [1.165, 1.54) is 12.4 Å². The minimum Gasteiger partial charge on any atom is -0.370 e. The van der Waals surface area contributed by atoms with Crippen LogP contribution in [0, 0.1) is 0 Å². The number of ether oxygens (including phenoxy) is 1. The minimum atomic E-state index is -0.488. The first-order valence-corrected chi connectivity index (χ1v) is 4.64. The van der Waals surface area contributed by atoms with Gasteiger partial charge in [0.1, 0.15) is 6.61 Å². The van der Waals surface area contributed by atoms with Crippen molar-refractivity contribution >= 4 is 23.5 Å². The van der Waals surface area contributed by atoms with E-state index in [0.29, 0.717) is 24.1 Å². The van der Waals surface area contributed by atoms with Crippen molar-refractivity contribution in [2.75, 3.05) is 25.1 Å². The molecular weight excluding hydrogens is 220 g/mol. The minimum absolute atomic E-state index is 0.0802. The molecule has 0 unspecified atom stereocenters.